The quantitative estimate of drug-likeness (QED) is 0.604. The number of rotatable bonds is 6. The van der Waals surface area contributed by atoms with Gasteiger partial charge in [-0.15, -0.1) is 0 Å². The van der Waals surface area contributed by atoms with Crippen LogP contribution in [0.1, 0.15) is 44.0 Å². The number of piperidine rings is 1. The highest BCUT2D eigenvalue weighted by Gasteiger charge is 2.24. The van der Waals surface area contributed by atoms with E-state index < -0.39 is 0 Å². The molecule has 0 amide bonds. The molecular formula is C20H30N6O. The number of para-hydroxylation sites is 1. The standard InChI is InChI=1S/C20H30N6O/c1-4-21-20(22-13-16(3)27-18-8-6-5-7-15(18)2)26-11-9-17(10-12-26)19-23-14-24-25-19/h5-8,14,16-17H,4,9-13H2,1-3H3,(H,21,22)(H,23,24,25). The number of aromatic nitrogens is 3. The molecule has 2 N–H and O–H groups in total. The third kappa shape index (κ3) is 5.21. The molecule has 1 aromatic heterocycles. The minimum Gasteiger partial charge on any atom is -0.489 e. The van der Waals surface area contributed by atoms with Gasteiger partial charge in [-0.2, -0.15) is 5.10 Å². The van der Waals surface area contributed by atoms with Crippen LogP contribution in [0.15, 0.2) is 35.6 Å². The van der Waals surface area contributed by atoms with E-state index in [0.29, 0.717) is 12.5 Å². The summed E-state index contributed by atoms with van der Waals surface area (Å²) in [6.45, 7) is 9.63. The van der Waals surface area contributed by atoms with Crippen LogP contribution >= 0.6 is 0 Å². The fraction of sp³-hybridized carbons (Fsp3) is 0.550. The molecule has 7 heteroatoms. The van der Waals surface area contributed by atoms with Gasteiger partial charge in [0.05, 0.1) is 6.54 Å². The minimum atomic E-state index is 0.0199. The zero-order valence-corrected chi connectivity index (χ0v) is 16.5. The lowest BCUT2D eigenvalue weighted by atomic mass is 9.96. The molecule has 1 unspecified atom stereocenters. The second-order valence-corrected chi connectivity index (χ2v) is 7.02. The molecule has 0 bridgehead atoms. The molecule has 7 nitrogen and oxygen atoms in total. The predicted molar refractivity (Wildman–Crippen MR) is 107 cm³/mol. The van der Waals surface area contributed by atoms with Crippen LogP contribution < -0.4 is 10.1 Å². The lowest BCUT2D eigenvalue weighted by Gasteiger charge is -2.33. The first-order chi connectivity index (χ1) is 13.2. The fourth-order valence-electron chi connectivity index (χ4n) is 3.36. The van der Waals surface area contributed by atoms with Gasteiger partial charge in [0.1, 0.15) is 24.0 Å². The Balaban J connectivity index is 1.55. The summed E-state index contributed by atoms with van der Waals surface area (Å²) in [6, 6.07) is 8.10. The number of aromatic amines is 1. The van der Waals surface area contributed by atoms with E-state index in [2.05, 4.69) is 52.2 Å². The first-order valence-corrected chi connectivity index (χ1v) is 9.78. The van der Waals surface area contributed by atoms with Gasteiger partial charge in [0.2, 0.25) is 0 Å². The van der Waals surface area contributed by atoms with Gasteiger partial charge in [-0.25, -0.2) is 9.98 Å². The Morgan fingerprint density at radius 3 is 2.81 bits per heavy atom. The molecule has 1 aliphatic heterocycles. The number of hydrogen-bond acceptors (Lipinski definition) is 4. The molecule has 0 aliphatic carbocycles. The van der Waals surface area contributed by atoms with E-state index >= 15 is 0 Å². The van der Waals surface area contributed by atoms with Crippen molar-refractivity contribution in [2.75, 3.05) is 26.2 Å². The molecule has 1 atom stereocenters. The first kappa shape index (κ1) is 19.2. The molecule has 1 saturated heterocycles. The maximum Gasteiger partial charge on any atom is 0.194 e. The topological polar surface area (TPSA) is 78.4 Å². The second kappa shape index (κ2) is 9.39. The van der Waals surface area contributed by atoms with Gasteiger partial charge < -0.3 is 15.0 Å². The van der Waals surface area contributed by atoms with E-state index in [1.54, 1.807) is 6.33 Å². The van der Waals surface area contributed by atoms with Crippen molar-refractivity contribution >= 4 is 5.96 Å². The molecular weight excluding hydrogens is 340 g/mol. The molecule has 3 rings (SSSR count). The summed E-state index contributed by atoms with van der Waals surface area (Å²) in [5.41, 5.74) is 1.15. The molecule has 2 heterocycles. The average Bonchev–Trinajstić information content (AvgIpc) is 3.22. The number of aryl methyl sites for hydroxylation is 1. The van der Waals surface area contributed by atoms with E-state index in [4.69, 9.17) is 9.73 Å². The van der Waals surface area contributed by atoms with Crippen LogP contribution in [0.3, 0.4) is 0 Å². The Hall–Kier alpha value is -2.57. The Labute approximate surface area is 161 Å². The molecule has 0 saturated carbocycles. The molecule has 2 aromatic rings. The molecule has 1 aliphatic rings. The Kier molecular flexibility index (Phi) is 6.68. The Morgan fingerprint density at radius 1 is 1.37 bits per heavy atom. The highest BCUT2D eigenvalue weighted by Crippen LogP contribution is 2.25. The lowest BCUT2D eigenvalue weighted by molar-refractivity contribution is 0.227. The van der Waals surface area contributed by atoms with E-state index in [0.717, 1.165) is 55.6 Å². The average molecular weight is 371 g/mol. The summed E-state index contributed by atoms with van der Waals surface area (Å²) in [7, 11) is 0. The molecule has 27 heavy (non-hydrogen) atoms. The van der Waals surface area contributed by atoms with Crippen LogP contribution in [0.25, 0.3) is 0 Å². The Morgan fingerprint density at radius 2 is 2.15 bits per heavy atom. The number of benzene rings is 1. The van der Waals surface area contributed by atoms with Crippen molar-refractivity contribution in [3.8, 4) is 5.75 Å². The van der Waals surface area contributed by atoms with Gasteiger partial charge in [-0.1, -0.05) is 18.2 Å². The van der Waals surface area contributed by atoms with Crippen LogP contribution in [0.5, 0.6) is 5.75 Å². The van der Waals surface area contributed by atoms with Gasteiger partial charge in [0, 0.05) is 25.6 Å². The third-order valence-corrected chi connectivity index (χ3v) is 4.87. The van der Waals surface area contributed by atoms with Gasteiger partial charge in [-0.3, -0.25) is 5.10 Å². The fourth-order valence-corrected chi connectivity index (χ4v) is 3.36. The number of aliphatic imine (C=N–C) groups is 1. The summed E-state index contributed by atoms with van der Waals surface area (Å²) in [5.74, 6) is 3.35. The monoisotopic (exact) mass is 370 g/mol. The smallest absolute Gasteiger partial charge is 0.194 e. The molecule has 1 aromatic carbocycles. The van der Waals surface area contributed by atoms with Gasteiger partial charge in [0.15, 0.2) is 5.96 Å². The number of nitrogens with zero attached hydrogens (tertiary/aromatic N) is 4. The summed E-state index contributed by atoms with van der Waals surface area (Å²) in [6.07, 6.45) is 3.71. The largest absolute Gasteiger partial charge is 0.489 e. The zero-order chi connectivity index (χ0) is 19.1. The number of hydrogen-bond donors (Lipinski definition) is 2. The van der Waals surface area contributed by atoms with Gasteiger partial charge >= 0.3 is 0 Å². The van der Waals surface area contributed by atoms with Crippen LogP contribution in [-0.4, -0.2) is 58.3 Å². The van der Waals surface area contributed by atoms with Crippen molar-refractivity contribution in [2.45, 2.75) is 45.6 Å². The molecule has 1 fully saturated rings. The lowest BCUT2D eigenvalue weighted by Crippen LogP contribution is -2.45. The maximum absolute atomic E-state index is 6.05. The van der Waals surface area contributed by atoms with Crippen molar-refractivity contribution in [3.05, 3.63) is 42.0 Å². The minimum absolute atomic E-state index is 0.0199. The summed E-state index contributed by atoms with van der Waals surface area (Å²) >= 11 is 0. The number of nitrogens with one attached hydrogen (secondary N) is 2. The van der Waals surface area contributed by atoms with Gasteiger partial charge in [0.25, 0.3) is 0 Å². The number of likely N-dealkylation sites (tertiary alicyclic amines) is 1. The summed E-state index contributed by atoms with van der Waals surface area (Å²) in [4.78, 5) is 11.5. The van der Waals surface area contributed by atoms with E-state index in [-0.39, 0.29) is 6.10 Å². The van der Waals surface area contributed by atoms with Crippen molar-refractivity contribution in [2.24, 2.45) is 4.99 Å². The van der Waals surface area contributed by atoms with E-state index in [9.17, 15) is 0 Å². The van der Waals surface area contributed by atoms with Crippen LogP contribution in [0, 0.1) is 6.92 Å². The van der Waals surface area contributed by atoms with Crippen LogP contribution in [0.4, 0.5) is 0 Å². The zero-order valence-electron chi connectivity index (χ0n) is 16.5. The highest BCUT2D eigenvalue weighted by atomic mass is 16.5. The van der Waals surface area contributed by atoms with Crippen molar-refractivity contribution in [1.29, 1.82) is 0 Å². The van der Waals surface area contributed by atoms with E-state index in [1.807, 2.05) is 18.2 Å². The normalized spacial score (nSPS) is 17.0. The first-order valence-electron chi connectivity index (χ1n) is 9.78. The van der Waals surface area contributed by atoms with Crippen LogP contribution in [0.2, 0.25) is 0 Å². The van der Waals surface area contributed by atoms with Crippen molar-refractivity contribution in [3.63, 3.8) is 0 Å². The molecule has 146 valence electrons. The van der Waals surface area contributed by atoms with Gasteiger partial charge in [-0.05, 0) is 45.2 Å². The Bertz CT molecular complexity index is 722. The number of guanidine groups is 1. The third-order valence-electron chi connectivity index (χ3n) is 4.87. The van der Waals surface area contributed by atoms with Crippen molar-refractivity contribution in [1.82, 2.24) is 25.4 Å². The summed E-state index contributed by atoms with van der Waals surface area (Å²) in [5, 5.41) is 10.4. The SMILES string of the molecule is CCNC(=NCC(C)Oc1ccccc1C)N1CCC(c2ncn[nH]2)CC1. The molecule has 0 radical (unpaired) electrons. The van der Waals surface area contributed by atoms with E-state index in [1.165, 1.54) is 0 Å². The highest BCUT2D eigenvalue weighted by molar-refractivity contribution is 5.80. The molecule has 0 spiro atoms. The second-order valence-electron chi connectivity index (χ2n) is 7.02. The van der Waals surface area contributed by atoms with Crippen molar-refractivity contribution < 1.29 is 4.74 Å². The number of H-pyrrole nitrogens is 1. The number of ether oxygens (including phenoxy) is 1. The summed E-state index contributed by atoms with van der Waals surface area (Å²) < 4.78 is 6.05. The maximum atomic E-state index is 6.05. The predicted octanol–water partition coefficient (Wildman–Crippen LogP) is 2.73. The van der Waals surface area contributed by atoms with Crippen LogP contribution in [-0.2, 0) is 0 Å².